The molecule has 4 aromatic rings. The molecule has 1 fully saturated rings. The molecule has 0 aliphatic heterocycles. The maximum atomic E-state index is 6.00. The first kappa shape index (κ1) is 16.5. The number of aromatic nitrogens is 5. The number of nitrogen functional groups attached to an aromatic ring is 1. The molecule has 8 heteroatoms. The number of ether oxygens (including phenoxy) is 1. The summed E-state index contributed by atoms with van der Waals surface area (Å²) in [5.41, 5.74) is 8.68. The predicted molar refractivity (Wildman–Crippen MR) is 107 cm³/mol. The number of benzene rings is 2. The Morgan fingerprint density at radius 3 is 2.71 bits per heavy atom. The lowest BCUT2D eigenvalue weighted by atomic mass is 10.3. The summed E-state index contributed by atoms with van der Waals surface area (Å²) < 4.78 is 7.25. The zero-order valence-corrected chi connectivity index (χ0v) is 15.3. The molecule has 1 aliphatic carbocycles. The van der Waals surface area contributed by atoms with Crippen LogP contribution in [0.15, 0.2) is 48.5 Å². The molecule has 0 saturated heterocycles. The molecule has 3 N–H and O–H groups in total. The van der Waals surface area contributed by atoms with E-state index in [4.69, 9.17) is 15.5 Å². The number of nitrogens with two attached hydrogens (primary N) is 1. The molecule has 0 bridgehead atoms. The van der Waals surface area contributed by atoms with Gasteiger partial charge in [0, 0.05) is 17.7 Å². The number of anilines is 3. The molecule has 0 radical (unpaired) electrons. The molecule has 1 aliphatic rings. The Balaban J connectivity index is 1.60. The van der Waals surface area contributed by atoms with E-state index in [1.807, 2.05) is 53.1 Å². The lowest BCUT2D eigenvalue weighted by Gasteiger charge is -2.11. The highest BCUT2D eigenvalue weighted by molar-refractivity contribution is 5.78. The maximum absolute atomic E-state index is 6.00. The Kier molecular flexibility index (Phi) is 3.82. The lowest BCUT2D eigenvalue weighted by Crippen LogP contribution is -2.11. The van der Waals surface area contributed by atoms with E-state index in [1.165, 1.54) is 0 Å². The van der Waals surface area contributed by atoms with Crippen molar-refractivity contribution in [3.8, 4) is 11.7 Å². The highest BCUT2D eigenvalue weighted by Crippen LogP contribution is 2.41. The van der Waals surface area contributed by atoms with E-state index in [0.29, 0.717) is 17.8 Å². The Bertz CT molecular complexity index is 1170. The monoisotopic (exact) mass is 373 g/mol. The van der Waals surface area contributed by atoms with Gasteiger partial charge in [0.1, 0.15) is 11.6 Å². The fraction of sp³-hybridized carbons (Fsp3) is 0.200. The molecule has 2 heterocycles. The molecule has 28 heavy (non-hydrogen) atoms. The second kappa shape index (κ2) is 6.49. The van der Waals surface area contributed by atoms with E-state index in [1.54, 1.807) is 7.11 Å². The van der Waals surface area contributed by atoms with Crippen LogP contribution in [0.1, 0.15) is 24.6 Å². The fourth-order valence-electron chi connectivity index (χ4n) is 3.24. The highest BCUT2D eigenvalue weighted by atomic mass is 16.5. The van der Waals surface area contributed by atoms with Crippen LogP contribution in [0, 0.1) is 0 Å². The van der Waals surface area contributed by atoms with Crippen LogP contribution in [0.25, 0.3) is 17.0 Å². The number of nitrogens with one attached hydrogen (secondary N) is 1. The van der Waals surface area contributed by atoms with Crippen molar-refractivity contribution in [1.82, 2.24) is 24.5 Å². The van der Waals surface area contributed by atoms with Crippen LogP contribution < -0.4 is 15.8 Å². The molecule has 0 unspecified atom stereocenters. The zero-order chi connectivity index (χ0) is 19.1. The maximum Gasteiger partial charge on any atom is 0.242 e. The molecular weight excluding hydrogens is 354 g/mol. The quantitative estimate of drug-likeness (QED) is 0.552. The van der Waals surface area contributed by atoms with Crippen molar-refractivity contribution < 1.29 is 4.74 Å². The van der Waals surface area contributed by atoms with Crippen LogP contribution in [0.5, 0.6) is 5.75 Å². The van der Waals surface area contributed by atoms with Crippen molar-refractivity contribution in [3.05, 3.63) is 54.4 Å². The number of rotatable bonds is 5. The number of para-hydroxylation sites is 2. The first-order valence-electron chi connectivity index (χ1n) is 9.11. The third kappa shape index (κ3) is 2.98. The van der Waals surface area contributed by atoms with Gasteiger partial charge in [-0.15, -0.1) is 0 Å². The van der Waals surface area contributed by atoms with Crippen molar-refractivity contribution in [2.75, 3.05) is 18.2 Å². The topological polar surface area (TPSA) is 104 Å². The van der Waals surface area contributed by atoms with Crippen LogP contribution >= 0.6 is 0 Å². The van der Waals surface area contributed by atoms with E-state index in [2.05, 4.69) is 20.3 Å². The third-order valence-corrected chi connectivity index (χ3v) is 4.70. The van der Waals surface area contributed by atoms with Gasteiger partial charge in [-0.25, -0.2) is 4.98 Å². The predicted octanol–water partition coefficient (Wildman–Crippen LogP) is 3.42. The van der Waals surface area contributed by atoms with Gasteiger partial charge >= 0.3 is 0 Å². The molecule has 0 amide bonds. The average Bonchev–Trinajstić information content (AvgIpc) is 3.47. The lowest BCUT2D eigenvalue weighted by molar-refractivity contribution is 0.415. The smallest absolute Gasteiger partial charge is 0.242 e. The van der Waals surface area contributed by atoms with E-state index < -0.39 is 0 Å². The Hall–Kier alpha value is -3.68. The van der Waals surface area contributed by atoms with E-state index in [-0.39, 0.29) is 5.95 Å². The summed E-state index contributed by atoms with van der Waals surface area (Å²) in [4.78, 5) is 18.0. The molecule has 140 valence electrons. The Labute approximate surface area is 161 Å². The minimum absolute atomic E-state index is 0.148. The van der Waals surface area contributed by atoms with Gasteiger partial charge in [-0.3, -0.25) is 4.57 Å². The summed E-state index contributed by atoms with van der Waals surface area (Å²) in [7, 11) is 1.63. The summed E-state index contributed by atoms with van der Waals surface area (Å²) in [6, 6.07) is 15.5. The van der Waals surface area contributed by atoms with Crippen LogP contribution in [0.2, 0.25) is 0 Å². The van der Waals surface area contributed by atoms with Gasteiger partial charge in [0.05, 0.1) is 18.1 Å². The van der Waals surface area contributed by atoms with Crippen molar-refractivity contribution in [2.24, 2.45) is 0 Å². The van der Waals surface area contributed by atoms with Crippen molar-refractivity contribution in [1.29, 1.82) is 0 Å². The molecule has 8 nitrogen and oxygen atoms in total. The van der Waals surface area contributed by atoms with Crippen molar-refractivity contribution in [2.45, 2.75) is 18.8 Å². The second-order valence-corrected chi connectivity index (χ2v) is 6.74. The highest BCUT2D eigenvalue weighted by Gasteiger charge is 2.31. The van der Waals surface area contributed by atoms with Gasteiger partial charge in [0.15, 0.2) is 0 Å². The minimum Gasteiger partial charge on any atom is -0.497 e. The largest absolute Gasteiger partial charge is 0.497 e. The Morgan fingerprint density at radius 2 is 1.89 bits per heavy atom. The van der Waals surface area contributed by atoms with Crippen LogP contribution in [0.4, 0.5) is 17.6 Å². The summed E-state index contributed by atoms with van der Waals surface area (Å²) in [5.74, 6) is 3.13. The molecule has 5 rings (SSSR count). The van der Waals surface area contributed by atoms with Gasteiger partial charge in [-0.1, -0.05) is 18.2 Å². The van der Waals surface area contributed by atoms with Gasteiger partial charge in [-0.05, 0) is 37.1 Å². The van der Waals surface area contributed by atoms with E-state index in [0.717, 1.165) is 41.1 Å². The van der Waals surface area contributed by atoms with E-state index in [9.17, 15) is 0 Å². The molecular formula is C20H19N7O. The average molecular weight is 373 g/mol. The zero-order valence-electron chi connectivity index (χ0n) is 15.3. The van der Waals surface area contributed by atoms with Crippen molar-refractivity contribution in [3.63, 3.8) is 0 Å². The summed E-state index contributed by atoms with van der Waals surface area (Å²) in [6.45, 7) is 0. The number of nitrogens with zero attached hydrogens (tertiary/aromatic N) is 5. The van der Waals surface area contributed by atoms with Crippen LogP contribution in [-0.2, 0) is 0 Å². The number of imidazole rings is 1. The SMILES string of the molecule is COc1cccc(Nc2nc(N)nc(-n3c(C4CC4)nc4ccccc43)n2)c1. The van der Waals surface area contributed by atoms with Gasteiger partial charge in [0.25, 0.3) is 0 Å². The number of hydrogen-bond acceptors (Lipinski definition) is 7. The number of methoxy groups -OCH3 is 1. The third-order valence-electron chi connectivity index (χ3n) is 4.70. The normalized spacial score (nSPS) is 13.6. The fourth-order valence-corrected chi connectivity index (χ4v) is 3.24. The number of fused-ring (bicyclic) bond motifs is 1. The van der Waals surface area contributed by atoms with Crippen LogP contribution in [-0.4, -0.2) is 31.6 Å². The summed E-state index contributed by atoms with van der Waals surface area (Å²) >= 11 is 0. The molecule has 2 aromatic heterocycles. The molecule has 2 aromatic carbocycles. The number of hydrogen-bond donors (Lipinski definition) is 2. The van der Waals surface area contributed by atoms with Crippen molar-refractivity contribution >= 4 is 28.6 Å². The summed E-state index contributed by atoms with van der Waals surface area (Å²) in [5, 5.41) is 3.18. The van der Waals surface area contributed by atoms with Crippen LogP contribution in [0.3, 0.4) is 0 Å². The van der Waals surface area contributed by atoms with Gasteiger partial charge in [0.2, 0.25) is 17.8 Å². The molecule has 0 atom stereocenters. The second-order valence-electron chi connectivity index (χ2n) is 6.74. The minimum atomic E-state index is 0.148. The molecule has 1 saturated carbocycles. The first-order valence-corrected chi connectivity index (χ1v) is 9.11. The first-order chi connectivity index (χ1) is 13.7. The van der Waals surface area contributed by atoms with Gasteiger partial charge in [-0.2, -0.15) is 15.0 Å². The van der Waals surface area contributed by atoms with E-state index >= 15 is 0 Å². The molecule has 0 spiro atoms. The standard InChI is InChI=1S/C20H19N7O/c1-28-14-6-4-5-13(11-14)22-19-24-18(21)25-20(26-19)27-16-8-3-2-7-15(16)23-17(27)12-9-10-12/h2-8,11-12H,9-10H2,1H3,(H3,21,22,24,25,26). The Morgan fingerprint density at radius 1 is 1.04 bits per heavy atom. The summed E-state index contributed by atoms with van der Waals surface area (Å²) in [6.07, 6.45) is 2.25. The van der Waals surface area contributed by atoms with Gasteiger partial charge < -0.3 is 15.8 Å².